The molecule has 1 aliphatic heterocycles. The highest BCUT2D eigenvalue weighted by Crippen LogP contribution is 2.29. The summed E-state index contributed by atoms with van der Waals surface area (Å²) in [7, 11) is 0. The van der Waals surface area contributed by atoms with Crippen molar-refractivity contribution in [1.29, 1.82) is 0 Å². The van der Waals surface area contributed by atoms with Crippen LogP contribution in [0.5, 0.6) is 0 Å². The molecule has 1 N–H and O–H groups in total. The van der Waals surface area contributed by atoms with Crippen LogP contribution in [-0.2, 0) is 0 Å². The van der Waals surface area contributed by atoms with Crippen molar-refractivity contribution in [2.75, 3.05) is 23.3 Å². The predicted molar refractivity (Wildman–Crippen MR) is 138 cm³/mol. The maximum atomic E-state index is 13.0. The number of nitrogens with zero attached hydrogens (tertiary/aromatic N) is 4. The fraction of sp³-hybridized carbons (Fsp3) is 0.259. The first kappa shape index (κ1) is 22.2. The quantitative estimate of drug-likeness (QED) is 0.384. The Morgan fingerprint density at radius 3 is 2.47 bits per heavy atom. The van der Waals surface area contributed by atoms with Crippen molar-refractivity contribution in [1.82, 2.24) is 15.2 Å². The minimum absolute atomic E-state index is 0.157. The molecular formula is C27H27N5OS. The molecule has 172 valence electrons. The van der Waals surface area contributed by atoms with E-state index in [1.807, 2.05) is 73.7 Å². The van der Waals surface area contributed by atoms with Crippen molar-refractivity contribution >= 4 is 28.7 Å². The van der Waals surface area contributed by atoms with Crippen LogP contribution in [0.1, 0.15) is 35.1 Å². The zero-order valence-corrected chi connectivity index (χ0v) is 20.2. The third-order valence-electron chi connectivity index (χ3n) is 6.20. The normalized spacial score (nSPS) is 14.2. The Balaban J connectivity index is 1.30. The molecule has 0 radical (unpaired) electrons. The second-order valence-electron chi connectivity index (χ2n) is 8.78. The molecule has 5 rings (SSSR count). The zero-order chi connectivity index (χ0) is 23.5. The van der Waals surface area contributed by atoms with Gasteiger partial charge in [0.05, 0.1) is 11.4 Å². The summed E-state index contributed by atoms with van der Waals surface area (Å²) in [5.41, 5.74) is 4.15. The summed E-state index contributed by atoms with van der Waals surface area (Å²) in [4.78, 5) is 20.5. The van der Waals surface area contributed by atoms with E-state index in [1.54, 1.807) is 0 Å². The molecule has 4 aromatic rings. The predicted octanol–water partition coefficient (Wildman–Crippen LogP) is 6.06. The second-order valence-corrected chi connectivity index (χ2v) is 9.78. The number of amides is 1. The Morgan fingerprint density at radius 2 is 1.74 bits per heavy atom. The topological polar surface area (TPSA) is 71.0 Å². The van der Waals surface area contributed by atoms with Crippen molar-refractivity contribution in [2.45, 2.75) is 26.7 Å². The lowest BCUT2D eigenvalue weighted by Crippen LogP contribution is -2.33. The van der Waals surface area contributed by atoms with Crippen LogP contribution in [0.3, 0.4) is 0 Å². The fourth-order valence-electron chi connectivity index (χ4n) is 4.14. The van der Waals surface area contributed by atoms with Crippen molar-refractivity contribution < 1.29 is 4.79 Å². The molecule has 0 atom stereocenters. The molecule has 2 aromatic carbocycles. The van der Waals surface area contributed by atoms with E-state index in [4.69, 9.17) is 0 Å². The highest BCUT2D eigenvalue weighted by atomic mass is 32.1. The highest BCUT2D eigenvalue weighted by Gasteiger charge is 2.18. The van der Waals surface area contributed by atoms with Crippen molar-refractivity contribution in [3.8, 4) is 21.8 Å². The number of aromatic nitrogens is 3. The molecule has 0 spiro atoms. The zero-order valence-electron chi connectivity index (χ0n) is 19.4. The maximum Gasteiger partial charge on any atom is 0.267 e. The van der Waals surface area contributed by atoms with E-state index in [0.29, 0.717) is 10.6 Å². The number of carbonyl (C=O) groups is 1. The molecule has 34 heavy (non-hydrogen) atoms. The molecule has 3 heterocycles. The van der Waals surface area contributed by atoms with Gasteiger partial charge >= 0.3 is 0 Å². The Morgan fingerprint density at radius 1 is 0.971 bits per heavy atom. The molecular weight excluding hydrogens is 442 g/mol. The summed E-state index contributed by atoms with van der Waals surface area (Å²) >= 11 is 1.41. The number of piperidine rings is 1. The number of anilines is 2. The monoisotopic (exact) mass is 469 g/mol. The molecule has 1 fully saturated rings. The smallest absolute Gasteiger partial charge is 0.267 e. The van der Waals surface area contributed by atoms with Crippen LogP contribution in [0.25, 0.3) is 21.8 Å². The van der Waals surface area contributed by atoms with E-state index in [-0.39, 0.29) is 5.91 Å². The summed E-state index contributed by atoms with van der Waals surface area (Å²) < 4.78 is 0. The molecule has 0 bridgehead atoms. The van der Waals surface area contributed by atoms with E-state index in [1.165, 1.54) is 24.2 Å². The third-order valence-corrected chi connectivity index (χ3v) is 7.40. The third kappa shape index (κ3) is 4.84. The maximum absolute atomic E-state index is 13.0. The van der Waals surface area contributed by atoms with Crippen LogP contribution in [0.4, 0.5) is 11.5 Å². The van der Waals surface area contributed by atoms with Gasteiger partial charge in [0.2, 0.25) is 0 Å². The first-order valence-electron chi connectivity index (χ1n) is 11.6. The van der Waals surface area contributed by atoms with Gasteiger partial charge < -0.3 is 10.2 Å². The molecule has 1 saturated heterocycles. The molecule has 0 aliphatic carbocycles. The van der Waals surface area contributed by atoms with Gasteiger partial charge in [-0.05, 0) is 49.9 Å². The van der Waals surface area contributed by atoms with Crippen LogP contribution in [0, 0.1) is 12.8 Å². The number of nitrogens with one attached hydrogen (secondary N) is 1. The summed E-state index contributed by atoms with van der Waals surface area (Å²) in [6, 6.07) is 21.7. The lowest BCUT2D eigenvalue weighted by Gasteiger charge is -2.30. The molecule has 0 saturated carbocycles. The lowest BCUT2D eigenvalue weighted by molar-refractivity contribution is 0.103. The average Bonchev–Trinajstić information content (AvgIpc) is 3.27. The Labute approximate surface area is 203 Å². The van der Waals surface area contributed by atoms with Crippen molar-refractivity contribution in [3.63, 3.8) is 0 Å². The number of hydrogen-bond donors (Lipinski definition) is 1. The Kier molecular flexibility index (Phi) is 6.36. The second kappa shape index (κ2) is 9.73. The Bertz CT molecular complexity index is 1280. The Hall–Kier alpha value is -3.58. The standard InChI is InChI=1S/C27H27N5OS/c1-18-13-15-32(16-14-18)24-12-11-23(30-31-24)21-9-6-10-22(17-21)29-26(33)25-19(2)28-27(34-25)20-7-4-3-5-8-20/h3-12,17-18H,13-16H2,1-2H3,(H,29,33). The minimum Gasteiger partial charge on any atom is -0.355 e. The fourth-order valence-corrected chi connectivity index (χ4v) is 5.11. The number of carbonyl (C=O) groups excluding carboxylic acids is 1. The van der Waals surface area contributed by atoms with E-state index < -0.39 is 0 Å². The average molecular weight is 470 g/mol. The molecule has 1 aliphatic rings. The van der Waals surface area contributed by atoms with Crippen LogP contribution >= 0.6 is 11.3 Å². The summed E-state index contributed by atoms with van der Waals surface area (Å²) in [5, 5.41) is 12.8. The lowest BCUT2D eigenvalue weighted by atomic mass is 9.99. The first-order chi connectivity index (χ1) is 16.6. The van der Waals surface area contributed by atoms with Gasteiger partial charge in [0.1, 0.15) is 9.88 Å². The van der Waals surface area contributed by atoms with Gasteiger partial charge in [0, 0.05) is 29.9 Å². The minimum atomic E-state index is -0.157. The number of benzene rings is 2. The summed E-state index contributed by atoms with van der Waals surface area (Å²) in [6.07, 6.45) is 2.38. The molecule has 6 nitrogen and oxygen atoms in total. The van der Waals surface area contributed by atoms with Crippen LogP contribution in [0.2, 0.25) is 0 Å². The van der Waals surface area contributed by atoms with E-state index in [2.05, 4.69) is 32.3 Å². The van der Waals surface area contributed by atoms with E-state index in [9.17, 15) is 4.79 Å². The van der Waals surface area contributed by atoms with Gasteiger partial charge in [-0.2, -0.15) is 0 Å². The molecule has 1 amide bonds. The number of rotatable bonds is 5. The van der Waals surface area contributed by atoms with E-state index in [0.717, 1.165) is 52.3 Å². The summed E-state index contributed by atoms with van der Waals surface area (Å²) in [6.45, 7) is 6.23. The number of thiazole rings is 1. The van der Waals surface area contributed by atoms with Gasteiger partial charge in [-0.15, -0.1) is 21.5 Å². The van der Waals surface area contributed by atoms with E-state index >= 15 is 0 Å². The van der Waals surface area contributed by atoms with Gasteiger partial charge in [0.15, 0.2) is 5.82 Å². The van der Waals surface area contributed by atoms with Crippen molar-refractivity contribution in [3.05, 3.63) is 77.3 Å². The molecule has 2 aromatic heterocycles. The summed E-state index contributed by atoms with van der Waals surface area (Å²) in [5.74, 6) is 1.55. The van der Waals surface area contributed by atoms with Crippen LogP contribution in [-0.4, -0.2) is 34.2 Å². The van der Waals surface area contributed by atoms with Crippen LogP contribution < -0.4 is 10.2 Å². The van der Waals surface area contributed by atoms with Gasteiger partial charge in [-0.3, -0.25) is 4.79 Å². The van der Waals surface area contributed by atoms with Gasteiger partial charge in [-0.1, -0.05) is 49.4 Å². The van der Waals surface area contributed by atoms with Crippen LogP contribution in [0.15, 0.2) is 66.7 Å². The van der Waals surface area contributed by atoms with Gasteiger partial charge in [0.25, 0.3) is 5.91 Å². The first-order valence-corrected chi connectivity index (χ1v) is 12.4. The highest BCUT2D eigenvalue weighted by molar-refractivity contribution is 7.17. The molecule has 7 heteroatoms. The van der Waals surface area contributed by atoms with Crippen molar-refractivity contribution in [2.24, 2.45) is 5.92 Å². The number of aryl methyl sites for hydroxylation is 1. The number of hydrogen-bond acceptors (Lipinski definition) is 6. The van der Waals surface area contributed by atoms with Gasteiger partial charge in [-0.25, -0.2) is 4.98 Å². The molecule has 0 unspecified atom stereocenters. The SMILES string of the molecule is Cc1nc(-c2ccccc2)sc1C(=O)Nc1cccc(-c2ccc(N3CCC(C)CC3)nn2)c1. The largest absolute Gasteiger partial charge is 0.355 e.